The van der Waals surface area contributed by atoms with Crippen LogP contribution in [0.4, 0.5) is 5.69 Å². The van der Waals surface area contributed by atoms with Crippen LogP contribution in [0.3, 0.4) is 0 Å². The van der Waals surface area contributed by atoms with Crippen LogP contribution in [0.15, 0.2) is 36.5 Å². The third-order valence-corrected chi connectivity index (χ3v) is 9.13. The van der Waals surface area contributed by atoms with Crippen LogP contribution in [-0.4, -0.2) is 23.4 Å². The molecule has 0 atom stereocenters. The number of methoxy groups -OCH3 is 1. The molecule has 2 saturated carbocycles. The van der Waals surface area contributed by atoms with E-state index in [1.165, 1.54) is 0 Å². The largest absolute Gasteiger partial charge is 0.494 e. The van der Waals surface area contributed by atoms with E-state index in [0.717, 1.165) is 42.2 Å². The molecule has 0 unspecified atom stereocenters. The van der Waals surface area contributed by atoms with Crippen molar-refractivity contribution in [2.45, 2.75) is 37.0 Å². The average Bonchev–Trinajstić information content (AvgIpc) is 3.46. The predicted molar refractivity (Wildman–Crippen MR) is 93.9 cm³/mol. The summed E-state index contributed by atoms with van der Waals surface area (Å²) >= 11 is 0. The summed E-state index contributed by atoms with van der Waals surface area (Å²) in [4.78, 5) is 4.58. The zero-order valence-electron chi connectivity index (χ0n) is 13.2. The summed E-state index contributed by atoms with van der Waals surface area (Å²) in [6.45, 7) is 0. The lowest BCUT2D eigenvalue weighted by Crippen LogP contribution is -2.13. The summed E-state index contributed by atoms with van der Waals surface area (Å²) in [5.74, 6) is 0.639. The summed E-state index contributed by atoms with van der Waals surface area (Å²) < 4.78 is 18.9. The number of pyridine rings is 1. The maximum absolute atomic E-state index is 13.5. The third-order valence-electron chi connectivity index (χ3n) is 4.86. The standard InChI is InChI=1S/C18H21N2O2P/c1-22-18-15(3-2-4-16(18)19)17-10-9-14(11-20-17)23(21,12-5-6-12)13-7-8-13/h2-4,9-13H,5-8,19H2,1H3. The quantitative estimate of drug-likeness (QED) is 0.672. The van der Waals surface area contributed by atoms with Crippen molar-refractivity contribution in [1.29, 1.82) is 0 Å². The highest BCUT2D eigenvalue weighted by Gasteiger charge is 2.51. The average molecular weight is 328 g/mol. The maximum atomic E-state index is 13.5. The van der Waals surface area contributed by atoms with Gasteiger partial charge in [0, 0.05) is 28.4 Å². The van der Waals surface area contributed by atoms with Gasteiger partial charge in [0.15, 0.2) is 5.75 Å². The summed E-state index contributed by atoms with van der Waals surface area (Å²) in [5, 5.41) is 0.953. The van der Waals surface area contributed by atoms with Crippen molar-refractivity contribution >= 4 is 18.1 Å². The molecule has 0 radical (unpaired) electrons. The van der Waals surface area contributed by atoms with Crippen molar-refractivity contribution in [3.05, 3.63) is 36.5 Å². The first-order valence-corrected chi connectivity index (χ1v) is 9.98. The van der Waals surface area contributed by atoms with Crippen LogP contribution in [0.5, 0.6) is 5.75 Å². The number of anilines is 1. The summed E-state index contributed by atoms with van der Waals surface area (Å²) in [7, 11) is -0.642. The first-order valence-electron chi connectivity index (χ1n) is 8.13. The number of hydrogen-bond donors (Lipinski definition) is 1. The number of ether oxygens (including phenoxy) is 1. The van der Waals surface area contributed by atoms with Crippen molar-refractivity contribution in [2.75, 3.05) is 12.8 Å². The normalized spacial score (nSPS) is 18.0. The highest BCUT2D eigenvalue weighted by Crippen LogP contribution is 2.69. The number of benzene rings is 1. The second kappa shape index (κ2) is 5.38. The number of nitrogens with zero attached hydrogens (tertiary/aromatic N) is 1. The molecule has 2 N–H and O–H groups in total. The highest BCUT2D eigenvalue weighted by molar-refractivity contribution is 7.73. The molecule has 2 aliphatic rings. The Morgan fingerprint density at radius 1 is 1.13 bits per heavy atom. The van der Waals surface area contributed by atoms with Gasteiger partial charge in [0.1, 0.15) is 7.14 Å². The smallest absolute Gasteiger partial charge is 0.151 e. The van der Waals surface area contributed by atoms with Crippen LogP contribution in [0.2, 0.25) is 0 Å². The van der Waals surface area contributed by atoms with Gasteiger partial charge in [0.2, 0.25) is 0 Å². The zero-order valence-corrected chi connectivity index (χ0v) is 14.1. The Labute approximate surface area is 136 Å². The molecular formula is C18H21N2O2P. The van der Waals surface area contributed by atoms with Gasteiger partial charge in [-0.05, 0) is 49.9 Å². The monoisotopic (exact) mass is 328 g/mol. The second-order valence-corrected chi connectivity index (χ2v) is 9.90. The van der Waals surface area contributed by atoms with Gasteiger partial charge in [-0.15, -0.1) is 0 Å². The Balaban J connectivity index is 1.71. The molecule has 23 heavy (non-hydrogen) atoms. The molecule has 0 bridgehead atoms. The molecule has 4 rings (SSSR count). The SMILES string of the molecule is COc1c(N)cccc1-c1ccc(P(=O)(C2CC2)C2CC2)cn1. The molecule has 2 aromatic rings. The second-order valence-electron chi connectivity index (χ2n) is 6.50. The van der Waals surface area contributed by atoms with E-state index in [1.807, 2.05) is 36.5 Å². The van der Waals surface area contributed by atoms with E-state index in [4.69, 9.17) is 10.5 Å². The van der Waals surface area contributed by atoms with E-state index < -0.39 is 7.14 Å². The Bertz CT molecular complexity index is 764. The number of para-hydroxylation sites is 1. The van der Waals surface area contributed by atoms with Gasteiger partial charge in [-0.3, -0.25) is 4.98 Å². The molecule has 0 amide bonds. The first kappa shape index (κ1) is 14.8. The van der Waals surface area contributed by atoms with Crippen LogP contribution in [-0.2, 0) is 4.57 Å². The molecular weight excluding hydrogens is 307 g/mol. The highest BCUT2D eigenvalue weighted by atomic mass is 31.2. The molecule has 5 heteroatoms. The third kappa shape index (κ3) is 2.46. The van der Waals surface area contributed by atoms with E-state index in [-0.39, 0.29) is 0 Å². The lowest BCUT2D eigenvalue weighted by Gasteiger charge is -2.18. The van der Waals surface area contributed by atoms with E-state index in [0.29, 0.717) is 22.8 Å². The number of nitrogens with two attached hydrogens (primary N) is 1. The minimum Gasteiger partial charge on any atom is -0.494 e. The number of hydrogen-bond acceptors (Lipinski definition) is 4. The van der Waals surface area contributed by atoms with Gasteiger partial charge < -0.3 is 15.0 Å². The minimum absolute atomic E-state index is 0.407. The van der Waals surface area contributed by atoms with Gasteiger partial charge in [-0.2, -0.15) is 0 Å². The van der Waals surface area contributed by atoms with Crippen molar-refractivity contribution in [3.63, 3.8) is 0 Å². The molecule has 4 nitrogen and oxygen atoms in total. The van der Waals surface area contributed by atoms with Crippen LogP contribution in [0.25, 0.3) is 11.3 Å². The first-order chi connectivity index (χ1) is 11.1. The molecule has 0 saturated heterocycles. The summed E-state index contributed by atoms with van der Waals surface area (Å²) in [6.07, 6.45) is 6.25. The predicted octanol–water partition coefficient (Wildman–Crippen LogP) is 3.65. The molecule has 1 aromatic heterocycles. The Morgan fingerprint density at radius 3 is 2.35 bits per heavy atom. The number of aromatic nitrogens is 1. The topological polar surface area (TPSA) is 65.2 Å². The molecule has 2 fully saturated rings. The summed E-state index contributed by atoms with van der Waals surface area (Å²) in [5.41, 5.74) is 9.05. The lowest BCUT2D eigenvalue weighted by molar-refractivity contribution is 0.418. The van der Waals surface area contributed by atoms with E-state index >= 15 is 0 Å². The maximum Gasteiger partial charge on any atom is 0.151 e. The van der Waals surface area contributed by atoms with Crippen LogP contribution in [0, 0.1) is 0 Å². The van der Waals surface area contributed by atoms with Gasteiger partial charge in [0.05, 0.1) is 18.5 Å². The Morgan fingerprint density at radius 2 is 1.83 bits per heavy atom. The molecule has 0 aliphatic heterocycles. The zero-order chi connectivity index (χ0) is 16.0. The Hall–Kier alpha value is -1.80. The Kier molecular flexibility index (Phi) is 3.46. The van der Waals surface area contributed by atoms with Crippen molar-refractivity contribution in [3.8, 4) is 17.0 Å². The minimum atomic E-state index is -2.25. The molecule has 2 aliphatic carbocycles. The van der Waals surface area contributed by atoms with Crippen molar-refractivity contribution in [2.24, 2.45) is 0 Å². The fourth-order valence-corrected chi connectivity index (χ4v) is 7.19. The molecule has 120 valence electrons. The van der Waals surface area contributed by atoms with E-state index in [9.17, 15) is 4.57 Å². The van der Waals surface area contributed by atoms with Crippen molar-refractivity contribution in [1.82, 2.24) is 4.98 Å². The fourth-order valence-electron chi connectivity index (χ4n) is 3.37. The van der Waals surface area contributed by atoms with Crippen LogP contribution in [0.1, 0.15) is 25.7 Å². The van der Waals surface area contributed by atoms with Crippen LogP contribution < -0.4 is 15.8 Å². The van der Waals surface area contributed by atoms with Crippen LogP contribution >= 0.6 is 7.14 Å². The van der Waals surface area contributed by atoms with Crippen molar-refractivity contribution < 1.29 is 9.30 Å². The molecule has 1 aromatic carbocycles. The van der Waals surface area contributed by atoms with Gasteiger partial charge in [-0.25, -0.2) is 0 Å². The van der Waals surface area contributed by atoms with Gasteiger partial charge in [0.25, 0.3) is 0 Å². The van der Waals surface area contributed by atoms with E-state index in [2.05, 4.69) is 4.98 Å². The van der Waals surface area contributed by atoms with E-state index in [1.54, 1.807) is 7.11 Å². The summed E-state index contributed by atoms with van der Waals surface area (Å²) in [6, 6.07) is 9.60. The molecule has 1 heterocycles. The lowest BCUT2D eigenvalue weighted by atomic mass is 10.1. The molecule has 0 spiro atoms. The van der Waals surface area contributed by atoms with Gasteiger partial charge >= 0.3 is 0 Å². The number of rotatable bonds is 5. The number of nitrogen functional groups attached to an aromatic ring is 1. The van der Waals surface area contributed by atoms with Gasteiger partial charge in [-0.1, -0.05) is 6.07 Å². The fraction of sp³-hybridized carbons (Fsp3) is 0.389.